The van der Waals surface area contributed by atoms with Gasteiger partial charge in [-0.3, -0.25) is 55.3 Å². The van der Waals surface area contributed by atoms with Crippen LogP contribution in [0, 0.1) is 82.4 Å². The Morgan fingerprint density at radius 2 is 0.602 bits per heavy atom. The van der Waals surface area contributed by atoms with E-state index in [9.17, 15) is 57.1 Å². The number of hydrogen-bond donors (Lipinski definition) is 0. The number of benzene rings is 6. The summed E-state index contributed by atoms with van der Waals surface area (Å²) in [5.74, 6) is -5.49. The molecule has 8 heterocycles. The van der Waals surface area contributed by atoms with E-state index in [0.29, 0.717) is 51.4 Å². The van der Waals surface area contributed by atoms with Crippen LogP contribution in [0.4, 0.5) is 57.1 Å². The van der Waals surface area contributed by atoms with Gasteiger partial charge in [0, 0.05) is 95.3 Å². The Morgan fingerprint density at radius 3 is 0.888 bits per heavy atom. The van der Waals surface area contributed by atoms with E-state index in [1.165, 1.54) is 18.2 Å². The summed E-state index contributed by atoms with van der Waals surface area (Å²) in [6.07, 6.45) is 5.03. The standard InChI is InChI=1S/C14H8F3N4.C13H7F2N4.4C11H6F2N.2Ir/c15-14(16,17)10-6-4-9(5-7-10)12-19-13(21-20-12)11-3-1-2-8-18-11;14-8-4-5-9(10(15)7-8)12-17-13(19-18-12)11-3-1-2-6-16-11;4*12-8-4-5-9(10(13)7-8)11-3-1-2-6-14-11;;/h1-8H;1-7H;4*1-4,6-7H;;/q6*-1;2*+3. The minimum atomic E-state index is -4.36. The zero-order valence-electron chi connectivity index (χ0n) is 49.5. The van der Waals surface area contributed by atoms with Crippen molar-refractivity contribution < 1.29 is 97.3 Å². The van der Waals surface area contributed by atoms with E-state index in [1.807, 2.05) is 0 Å². The molecule has 0 aliphatic heterocycles. The molecular weight excluding hydrogens is 1650 g/mol. The van der Waals surface area contributed by atoms with Crippen LogP contribution in [0.2, 0.25) is 0 Å². The molecular formula is C71H39F13Ir2N12. The summed E-state index contributed by atoms with van der Waals surface area (Å²) >= 11 is 0. The summed E-state index contributed by atoms with van der Waals surface area (Å²) in [5.41, 5.74) is 3.51. The van der Waals surface area contributed by atoms with Gasteiger partial charge < -0.3 is 40.1 Å². The maximum Gasteiger partial charge on any atom is 3.00 e. The largest absolute Gasteiger partial charge is 3.00 e. The Balaban J connectivity index is 0.000000166. The van der Waals surface area contributed by atoms with Crippen LogP contribution in [0.1, 0.15) is 5.56 Å². The average Bonchev–Trinajstić information content (AvgIpc) is 1.29. The zero-order valence-corrected chi connectivity index (χ0v) is 54.3. The van der Waals surface area contributed by atoms with Crippen molar-refractivity contribution >= 4 is 0 Å². The molecule has 0 atom stereocenters. The number of pyridine rings is 6. The van der Waals surface area contributed by atoms with Crippen LogP contribution in [0.15, 0.2) is 237 Å². The van der Waals surface area contributed by atoms with E-state index >= 15 is 0 Å². The number of hydrogen-bond acceptors (Lipinski definition) is 10. The van der Waals surface area contributed by atoms with Gasteiger partial charge in [0.2, 0.25) is 0 Å². The van der Waals surface area contributed by atoms with Gasteiger partial charge in [0.05, 0.1) is 28.6 Å². The smallest absolute Gasteiger partial charge is 0.417 e. The predicted octanol–water partition coefficient (Wildman–Crippen LogP) is 16.9. The topological polar surface area (TPSA) is 157 Å². The van der Waals surface area contributed by atoms with Gasteiger partial charge in [0.1, 0.15) is 11.6 Å². The van der Waals surface area contributed by atoms with E-state index < -0.39 is 69.9 Å². The molecule has 98 heavy (non-hydrogen) atoms. The Hall–Kier alpha value is -11.1. The van der Waals surface area contributed by atoms with Crippen molar-refractivity contribution in [3.8, 4) is 90.8 Å². The second kappa shape index (κ2) is 36.1. The summed E-state index contributed by atoms with van der Waals surface area (Å²) in [7, 11) is 0. The molecule has 0 saturated carbocycles. The van der Waals surface area contributed by atoms with Gasteiger partial charge in [-0.1, -0.05) is 119 Å². The molecule has 0 fully saturated rings. The van der Waals surface area contributed by atoms with Crippen LogP contribution in [-0.2, 0) is 46.4 Å². The molecule has 492 valence electrons. The molecule has 0 bridgehead atoms. The molecule has 14 rings (SSSR count). The van der Waals surface area contributed by atoms with Crippen molar-refractivity contribution in [3.63, 3.8) is 0 Å². The number of rotatable bonds is 8. The number of alkyl halides is 3. The van der Waals surface area contributed by atoms with Crippen molar-refractivity contribution in [2.45, 2.75) is 6.18 Å². The van der Waals surface area contributed by atoms with E-state index in [4.69, 9.17) is 0 Å². The van der Waals surface area contributed by atoms with Gasteiger partial charge in [-0.15, -0.1) is 48.5 Å². The molecule has 0 N–H and O–H groups in total. The Bertz CT molecular complexity index is 4420. The molecule has 0 amide bonds. The number of halogens is 13. The summed E-state index contributed by atoms with van der Waals surface area (Å²) in [4.78, 5) is 32.2. The fraction of sp³-hybridized carbons (Fsp3) is 0.0141. The molecule has 6 aromatic carbocycles. The summed E-state index contributed by atoms with van der Waals surface area (Å²) in [6.45, 7) is 0. The van der Waals surface area contributed by atoms with Crippen LogP contribution in [0.25, 0.3) is 90.8 Å². The van der Waals surface area contributed by atoms with Crippen molar-refractivity contribution in [2.75, 3.05) is 0 Å². The first-order chi connectivity index (χ1) is 46.4. The molecule has 27 heteroatoms. The van der Waals surface area contributed by atoms with Crippen molar-refractivity contribution in [1.29, 1.82) is 0 Å². The van der Waals surface area contributed by atoms with E-state index in [-0.39, 0.29) is 79.7 Å². The third kappa shape index (κ3) is 21.2. The van der Waals surface area contributed by atoms with Crippen LogP contribution in [-0.4, -0.2) is 50.1 Å². The maximum atomic E-state index is 13.6. The molecule has 0 radical (unpaired) electrons. The van der Waals surface area contributed by atoms with E-state index in [0.717, 1.165) is 72.8 Å². The number of nitrogens with zero attached hydrogens (tertiary/aromatic N) is 12. The quantitative estimate of drug-likeness (QED) is 0.105. The molecule has 0 spiro atoms. The maximum absolute atomic E-state index is 13.6. The molecule has 8 aromatic heterocycles. The fourth-order valence-corrected chi connectivity index (χ4v) is 8.01. The normalized spacial score (nSPS) is 10.3. The molecule has 14 aromatic rings. The van der Waals surface area contributed by atoms with Crippen LogP contribution < -0.4 is 10.2 Å². The predicted molar refractivity (Wildman–Crippen MR) is 327 cm³/mol. The Labute approximate surface area is 576 Å². The van der Waals surface area contributed by atoms with Crippen molar-refractivity contribution in [2.24, 2.45) is 0 Å². The second-order valence-electron chi connectivity index (χ2n) is 19.1. The van der Waals surface area contributed by atoms with Gasteiger partial charge >= 0.3 is 46.4 Å². The van der Waals surface area contributed by atoms with Crippen LogP contribution >= 0.6 is 0 Å². The minimum Gasteiger partial charge on any atom is -0.417 e. The third-order valence-corrected chi connectivity index (χ3v) is 12.4. The third-order valence-electron chi connectivity index (χ3n) is 12.4. The van der Waals surface area contributed by atoms with Gasteiger partial charge in [0.25, 0.3) is 0 Å². The Kier molecular flexibility index (Phi) is 27.4. The number of aromatic nitrogens is 12. The van der Waals surface area contributed by atoms with Crippen LogP contribution in [0.3, 0.4) is 0 Å². The molecule has 0 unspecified atom stereocenters. The van der Waals surface area contributed by atoms with Gasteiger partial charge in [-0.2, -0.15) is 13.2 Å². The first kappa shape index (κ1) is 74.3. The second-order valence-corrected chi connectivity index (χ2v) is 19.1. The zero-order chi connectivity index (χ0) is 68.0. The summed E-state index contributed by atoms with van der Waals surface area (Å²) in [6, 6.07) is 56.5. The van der Waals surface area contributed by atoms with Crippen molar-refractivity contribution in [3.05, 3.63) is 325 Å². The summed E-state index contributed by atoms with van der Waals surface area (Å²) in [5, 5.41) is 15.4. The van der Waals surface area contributed by atoms with Crippen molar-refractivity contribution in [1.82, 2.24) is 60.3 Å². The molecule has 0 saturated heterocycles. The average molecular weight is 1690 g/mol. The fourth-order valence-electron chi connectivity index (χ4n) is 8.01. The molecule has 12 nitrogen and oxygen atoms in total. The Morgan fingerprint density at radius 1 is 0.306 bits per heavy atom. The van der Waals surface area contributed by atoms with E-state index in [1.54, 1.807) is 146 Å². The monoisotopic (exact) mass is 1690 g/mol. The molecule has 0 aliphatic rings. The van der Waals surface area contributed by atoms with E-state index in [2.05, 4.69) is 84.5 Å². The van der Waals surface area contributed by atoms with Gasteiger partial charge in [0.15, 0.2) is 0 Å². The first-order valence-electron chi connectivity index (χ1n) is 27.7. The SMILES string of the molecule is FC(F)(F)c1ccc(-c2n[n-]c(-c3ccccn3)n2)cc1.Fc1c[c-]c(-c2ccccn2)c(F)c1.Fc1c[c-]c(-c2ccccn2)c(F)c1.Fc1c[c-]c(-c2ccccn2)c(F)c1.Fc1c[c-]c(-c2ccccn2)c(F)c1.Fc1ccc(-c2n[n-]c(-c3ccccn3)n2)c(F)c1.[Ir+3].[Ir+3]. The first-order valence-corrected chi connectivity index (χ1v) is 27.7. The van der Waals surface area contributed by atoms with Crippen LogP contribution in [0.5, 0.6) is 0 Å². The van der Waals surface area contributed by atoms with Gasteiger partial charge in [-0.05, 0) is 113 Å². The summed E-state index contributed by atoms with van der Waals surface area (Å²) < 4.78 is 167. The van der Waals surface area contributed by atoms with Gasteiger partial charge in [-0.25, -0.2) is 8.78 Å². The molecule has 0 aliphatic carbocycles. The minimum absolute atomic E-state index is 0.